The summed E-state index contributed by atoms with van der Waals surface area (Å²) in [7, 11) is 0. The third-order valence-corrected chi connectivity index (χ3v) is 1.89. The summed E-state index contributed by atoms with van der Waals surface area (Å²) in [6.45, 7) is 0. The fourth-order valence-electron chi connectivity index (χ4n) is 0.629. The molecule has 0 N–H and O–H groups in total. The zero-order valence-electron chi connectivity index (χ0n) is 5.56. The van der Waals surface area contributed by atoms with Gasteiger partial charge in [-0.05, 0) is 0 Å². The molecule has 0 amide bonds. The molecule has 0 saturated heterocycles. The van der Waals surface area contributed by atoms with Gasteiger partial charge < -0.3 is 0 Å². The first-order valence-corrected chi connectivity index (χ1v) is 4.68. The van der Waals surface area contributed by atoms with Crippen molar-refractivity contribution in [3.63, 3.8) is 0 Å². The molecule has 0 radical (unpaired) electrons. The van der Waals surface area contributed by atoms with E-state index in [0.29, 0.717) is 10.6 Å². The van der Waals surface area contributed by atoms with Crippen LogP contribution >= 0.6 is 0 Å². The van der Waals surface area contributed by atoms with Gasteiger partial charge in [0, 0.05) is 0 Å². The molecule has 0 saturated carbocycles. The van der Waals surface area contributed by atoms with E-state index in [4.69, 9.17) is 0 Å². The number of rotatable bonds is 2. The fourth-order valence-corrected chi connectivity index (χ4v) is 1.10. The number of hydrogen-bond donors (Lipinski definition) is 0. The molecule has 54 valence electrons. The fraction of sp³-hybridized carbons (Fsp3) is 0. The van der Waals surface area contributed by atoms with Crippen molar-refractivity contribution in [2.24, 2.45) is 0 Å². The van der Waals surface area contributed by atoms with E-state index in [2.05, 4.69) is 2.79 Å². The standard InChI is InChI=1S/C6H5NO3.Tl/c8-6-3-1-5(2-4-6)7(9)10;/h1-4,8H;/q;+1/p-1. The summed E-state index contributed by atoms with van der Waals surface area (Å²) in [5.41, 5.74) is 0.354. The Morgan fingerprint density at radius 3 is 2.36 bits per heavy atom. The van der Waals surface area contributed by atoms with E-state index in [1.807, 2.05) is 0 Å². The first-order chi connectivity index (χ1) is 5.24. The molecule has 1 aromatic carbocycles. The van der Waals surface area contributed by atoms with Crippen LogP contribution in [-0.4, -0.2) is 31.1 Å². The van der Waals surface area contributed by atoms with Crippen LogP contribution in [0, 0.1) is 4.91 Å². The van der Waals surface area contributed by atoms with E-state index in [1.165, 1.54) is 24.3 Å². The molecule has 0 fully saturated rings. The summed E-state index contributed by atoms with van der Waals surface area (Å²) in [6.07, 6.45) is 0. The van der Waals surface area contributed by atoms with Gasteiger partial charge in [0.1, 0.15) is 0 Å². The Kier molecular flexibility index (Phi) is 2.80. The maximum atomic E-state index is 10.8. The molecular weight excluding hydrogens is 338 g/mol. The van der Waals surface area contributed by atoms with Crippen LogP contribution < -0.4 is 5.11 Å². The summed E-state index contributed by atoms with van der Waals surface area (Å²) in [5, 5.41) is 10.6. The van der Waals surface area contributed by atoms with Crippen molar-refractivity contribution in [3.8, 4) is 5.75 Å². The summed E-state index contributed by atoms with van der Waals surface area (Å²) in [5.74, 6) is -0.113. The van der Waals surface area contributed by atoms with E-state index in [1.54, 1.807) is 0 Å². The molecule has 11 heavy (non-hydrogen) atoms. The van der Waals surface area contributed by atoms with E-state index in [0.717, 1.165) is 0 Å². The molecule has 0 aromatic heterocycles. The van der Waals surface area contributed by atoms with Crippen LogP contribution in [0.3, 0.4) is 0 Å². The van der Waals surface area contributed by atoms with E-state index in [9.17, 15) is 10.0 Å². The van der Waals surface area contributed by atoms with Crippen LogP contribution in [0.4, 0.5) is 5.69 Å². The average Bonchev–Trinajstić information content (AvgIpc) is 2.05. The Morgan fingerprint density at radius 1 is 1.36 bits per heavy atom. The third-order valence-electron chi connectivity index (χ3n) is 1.14. The van der Waals surface area contributed by atoms with Gasteiger partial charge in [-0.3, -0.25) is 0 Å². The minimum atomic E-state index is -0.113. The molecule has 5 heteroatoms. The second-order valence-electron chi connectivity index (χ2n) is 1.86. The van der Waals surface area contributed by atoms with Gasteiger partial charge >= 0.3 is 79.6 Å². The molecule has 1 aromatic rings. The summed E-state index contributed by atoms with van der Waals surface area (Å²) in [4.78, 5) is 11.2. The van der Waals surface area contributed by atoms with Crippen molar-refractivity contribution in [1.29, 1.82) is 0 Å². The molecule has 0 unspecified atom stereocenters. The number of hydrogen-bond acceptors (Lipinski definition) is 3. The van der Waals surface area contributed by atoms with Gasteiger partial charge in [0.2, 0.25) is 0 Å². The molecule has 0 heterocycles. The summed E-state index contributed by atoms with van der Waals surface area (Å²) >= 11 is 0.157. The van der Waals surface area contributed by atoms with E-state index < -0.39 is 0 Å². The Bertz CT molecular complexity index is 259. The number of benzene rings is 1. The molecule has 1 rings (SSSR count). The average molecular weight is 342 g/mol. The van der Waals surface area contributed by atoms with Gasteiger partial charge in [-0.25, -0.2) is 0 Å². The van der Waals surface area contributed by atoms with E-state index in [-0.39, 0.29) is 32.0 Å². The Labute approximate surface area is 79.7 Å². The molecule has 0 spiro atoms. The van der Waals surface area contributed by atoms with Crippen molar-refractivity contribution >= 4 is 31.9 Å². The molecule has 4 nitrogen and oxygen atoms in total. The molecule has 0 aliphatic rings. The SMILES string of the molecule is O=[N+]([O][Tl])c1ccc([O-])cc1. The van der Waals surface area contributed by atoms with Crippen LogP contribution in [0.5, 0.6) is 5.75 Å². The second-order valence-corrected chi connectivity index (χ2v) is 2.68. The van der Waals surface area contributed by atoms with Crippen molar-refractivity contribution < 1.29 is 12.8 Å². The zero-order chi connectivity index (χ0) is 8.27. The predicted molar refractivity (Wildman–Crippen MR) is 36.0 cm³/mol. The van der Waals surface area contributed by atoms with Gasteiger partial charge in [0.25, 0.3) is 0 Å². The molecule has 0 atom stereocenters. The zero-order valence-corrected chi connectivity index (χ0v) is 10.0. The Morgan fingerprint density at radius 2 is 1.91 bits per heavy atom. The monoisotopic (exact) mass is 343 g/mol. The summed E-state index contributed by atoms with van der Waals surface area (Å²) < 4.78 is 4.52. The molecule has 0 aliphatic carbocycles. The van der Waals surface area contributed by atoms with Gasteiger partial charge in [0.15, 0.2) is 0 Å². The minimum absolute atomic E-state index is 0.113. The number of nitrogens with zero attached hydrogens (tertiary/aromatic N) is 1. The van der Waals surface area contributed by atoms with Gasteiger partial charge in [0.05, 0.1) is 0 Å². The molecule has 0 bridgehead atoms. The van der Waals surface area contributed by atoms with Crippen LogP contribution in [0.1, 0.15) is 0 Å². The normalized spacial score (nSPS) is 9.00. The van der Waals surface area contributed by atoms with Crippen LogP contribution in [0.2, 0.25) is 0 Å². The second kappa shape index (κ2) is 3.65. The van der Waals surface area contributed by atoms with Crippen molar-refractivity contribution in [3.05, 3.63) is 29.2 Å². The van der Waals surface area contributed by atoms with Gasteiger partial charge in [-0.2, -0.15) is 0 Å². The third kappa shape index (κ3) is 2.14. The van der Waals surface area contributed by atoms with Crippen LogP contribution in [-0.2, 0) is 2.79 Å². The Balaban J connectivity index is 2.90. The van der Waals surface area contributed by atoms with Crippen LogP contribution in [0.25, 0.3) is 0 Å². The van der Waals surface area contributed by atoms with Crippen molar-refractivity contribution in [1.82, 2.24) is 0 Å². The van der Waals surface area contributed by atoms with E-state index >= 15 is 0 Å². The maximum absolute atomic E-state index is 10.8. The first-order valence-electron chi connectivity index (χ1n) is 2.85. The quantitative estimate of drug-likeness (QED) is 0.569. The van der Waals surface area contributed by atoms with Crippen LogP contribution in [0.15, 0.2) is 24.3 Å². The van der Waals surface area contributed by atoms with Gasteiger partial charge in [-0.15, -0.1) is 0 Å². The predicted octanol–water partition coefficient (Wildman–Crippen LogP) is 0.186. The summed E-state index contributed by atoms with van der Waals surface area (Å²) in [6, 6.07) is 5.50. The van der Waals surface area contributed by atoms with Gasteiger partial charge in [-0.1, -0.05) is 0 Å². The Hall–Kier alpha value is -0.658. The van der Waals surface area contributed by atoms with Crippen molar-refractivity contribution in [2.45, 2.75) is 0 Å². The molecular formula is C6H4NO3Tl. The van der Waals surface area contributed by atoms with Crippen molar-refractivity contribution in [2.75, 3.05) is 0 Å². The first kappa shape index (κ1) is 8.44. The topological polar surface area (TPSA) is 52.4 Å². The molecule has 0 aliphatic heterocycles.